The van der Waals surface area contributed by atoms with Crippen molar-refractivity contribution in [1.29, 1.82) is 0 Å². The summed E-state index contributed by atoms with van der Waals surface area (Å²) in [5, 5.41) is 18.4. The molecule has 0 spiro atoms. The van der Waals surface area contributed by atoms with E-state index in [4.69, 9.17) is 15.6 Å². The summed E-state index contributed by atoms with van der Waals surface area (Å²) >= 11 is 0. The van der Waals surface area contributed by atoms with E-state index in [1.807, 2.05) is 18.2 Å². The van der Waals surface area contributed by atoms with E-state index >= 15 is 0 Å². The standard InChI is InChI=1S/C16H17NO4/c17-14(16(19)20)9-7-11-6-8-12(18)10-15(11)21-13-4-2-1-3-5-13/h1-6,8,10,14,18H,7,9,17H2,(H,19,20). The molecule has 0 saturated carbocycles. The lowest BCUT2D eigenvalue weighted by molar-refractivity contribution is -0.138. The maximum absolute atomic E-state index is 10.8. The normalized spacial score (nSPS) is 11.9. The van der Waals surface area contributed by atoms with E-state index in [0.717, 1.165) is 5.56 Å². The smallest absolute Gasteiger partial charge is 0.320 e. The average molecular weight is 287 g/mol. The first-order valence-corrected chi connectivity index (χ1v) is 6.59. The van der Waals surface area contributed by atoms with Crippen LogP contribution in [0.2, 0.25) is 0 Å². The summed E-state index contributed by atoms with van der Waals surface area (Å²) in [5.74, 6) is 0.206. The third-order valence-corrected chi connectivity index (χ3v) is 3.06. The quantitative estimate of drug-likeness (QED) is 0.759. The monoisotopic (exact) mass is 287 g/mol. The molecule has 0 bridgehead atoms. The molecule has 0 heterocycles. The third kappa shape index (κ3) is 4.22. The highest BCUT2D eigenvalue weighted by Crippen LogP contribution is 2.29. The van der Waals surface area contributed by atoms with Crippen molar-refractivity contribution in [1.82, 2.24) is 0 Å². The van der Waals surface area contributed by atoms with Gasteiger partial charge in [0.05, 0.1) is 0 Å². The predicted molar refractivity (Wildman–Crippen MR) is 78.6 cm³/mol. The Morgan fingerprint density at radius 3 is 2.57 bits per heavy atom. The van der Waals surface area contributed by atoms with Gasteiger partial charge in [-0.3, -0.25) is 4.79 Å². The summed E-state index contributed by atoms with van der Waals surface area (Å²) in [4.78, 5) is 10.8. The highest BCUT2D eigenvalue weighted by Gasteiger charge is 2.13. The maximum atomic E-state index is 10.8. The molecule has 21 heavy (non-hydrogen) atoms. The van der Waals surface area contributed by atoms with E-state index in [0.29, 0.717) is 24.3 Å². The number of carboxylic acid groups (broad SMARTS) is 1. The van der Waals surface area contributed by atoms with Gasteiger partial charge in [0.15, 0.2) is 0 Å². The fourth-order valence-electron chi connectivity index (χ4n) is 1.89. The van der Waals surface area contributed by atoms with Gasteiger partial charge in [-0.05, 0) is 36.6 Å². The molecule has 0 aromatic heterocycles. The number of phenols is 1. The molecule has 0 radical (unpaired) electrons. The Morgan fingerprint density at radius 1 is 1.19 bits per heavy atom. The van der Waals surface area contributed by atoms with Crippen molar-refractivity contribution < 1.29 is 19.7 Å². The van der Waals surface area contributed by atoms with Crippen molar-refractivity contribution in [2.45, 2.75) is 18.9 Å². The molecular formula is C16H17NO4. The Kier molecular flexibility index (Phi) is 4.79. The number of phenolic OH excluding ortho intramolecular Hbond substituents is 1. The van der Waals surface area contributed by atoms with Gasteiger partial charge < -0.3 is 20.7 Å². The number of hydrogen-bond acceptors (Lipinski definition) is 4. The van der Waals surface area contributed by atoms with E-state index < -0.39 is 12.0 Å². The second-order valence-corrected chi connectivity index (χ2v) is 4.69. The fraction of sp³-hybridized carbons (Fsp3) is 0.188. The van der Waals surface area contributed by atoms with Crippen LogP contribution in [-0.4, -0.2) is 22.2 Å². The van der Waals surface area contributed by atoms with Gasteiger partial charge in [-0.15, -0.1) is 0 Å². The minimum atomic E-state index is -1.03. The number of hydrogen-bond donors (Lipinski definition) is 3. The molecule has 110 valence electrons. The lowest BCUT2D eigenvalue weighted by atomic mass is 10.0. The van der Waals surface area contributed by atoms with Crippen LogP contribution in [0, 0.1) is 0 Å². The van der Waals surface area contributed by atoms with Gasteiger partial charge in [-0.25, -0.2) is 0 Å². The van der Waals surface area contributed by atoms with Crippen molar-refractivity contribution in [3.8, 4) is 17.2 Å². The van der Waals surface area contributed by atoms with Crippen LogP contribution in [0.1, 0.15) is 12.0 Å². The number of aromatic hydroxyl groups is 1. The number of carboxylic acids is 1. The molecule has 5 heteroatoms. The van der Waals surface area contributed by atoms with Crippen LogP contribution in [0.3, 0.4) is 0 Å². The second kappa shape index (κ2) is 6.76. The van der Waals surface area contributed by atoms with Crippen molar-refractivity contribution in [3.63, 3.8) is 0 Å². The number of rotatable bonds is 6. The van der Waals surface area contributed by atoms with E-state index in [2.05, 4.69) is 0 Å². The zero-order valence-electron chi connectivity index (χ0n) is 11.4. The van der Waals surface area contributed by atoms with Crippen LogP contribution in [-0.2, 0) is 11.2 Å². The number of benzene rings is 2. The number of aliphatic carboxylic acids is 1. The van der Waals surface area contributed by atoms with Crippen LogP contribution in [0.5, 0.6) is 17.2 Å². The van der Waals surface area contributed by atoms with Crippen LogP contribution < -0.4 is 10.5 Å². The lowest BCUT2D eigenvalue weighted by Crippen LogP contribution is -2.30. The van der Waals surface area contributed by atoms with Crippen LogP contribution in [0.4, 0.5) is 0 Å². The molecule has 2 aromatic rings. The lowest BCUT2D eigenvalue weighted by Gasteiger charge is -2.13. The zero-order valence-corrected chi connectivity index (χ0v) is 11.4. The molecule has 1 unspecified atom stereocenters. The van der Waals surface area contributed by atoms with E-state index in [9.17, 15) is 9.90 Å². The van der Waals surface area contributed by atoms with Crippen LogP contribution in [0.25, 0.3) is 0 Å². The number of carbonyl (C=O) groups is 1. The number of ether oxygens (including phenoxy) is 1. The molecular weight excluding hydrogens is 270 g/mol. The molecule has 1 atom stereocenters. The highest BCUT2D eigenvalue weighted by atomic mass is 16.5. The van der Waals surface area contributed by atoms with Gasteiger partial charge in [0.2, 0.25) is 0 Å². The number of nitrogens with two attached hydrogens (primary N) is 1. The van der Waals surface area contributed by atoms with E-state index in [1.54, 1.807) is 24.3 Å². The first-order chi connectivity index (χ1) is 10.1. The Hall–Kier alpha value is -2.53. The molecule has 0 saturated heterocycles. The summed E-state index contributed by atoms with van der Waals surface area (Å²) in [6, 6.07) is 13.0. The summed E-state index contributed by atoms with van der Waals surface area (Å²) in [6.07, 6.45) is 0.751. The van der Waals surface area contributed by atoms with Gasteiger partial charge in [0.25, 0.3) is 0 Å². The molecule has 4 N–H and O–H groups in total. The maximum Gasteiger partial charge on any atom is 0.320 e. The van der Waals surface area contributed by atoms with Gasteiger partial charge >= 0.3 is 5.97 Å². The second-order valence-electron chi connectivity index (χ2n) is 4.69. The molecule has 0 aliphatic rings. The minimum Gasteiger partial charge on any atom is -0.508 e. The van der Waals surface area contributed by atoms with Gasteiger partial charge in [0, 0.05) is 6.07 Å². The Morgan fingerprint density at radius 2 is 1.90 bits per heavy atom. The topological polar surface area (TPSA) is 92.8 Å². The summed E-state index contributed by atoms with van der Waals surface area (Å²) in [5.41, 5.74) is 6.31. The molecule has 2 rings (SSSR count). The van der Waals surface area contributed by atoms with E-state index in [-0.39, 0.29) is 5.75 Å². The van der Waals surface area contributed by atoms with Gasteiger partial charge in [-0.1, -0.05) is 24.3 Å². The number of para-hydroxylation sites is 1. The zero-order chi connectivity index (χ0) is 15.2. The molecule has 5 nitrogen and oxygen atoms in total. The predicted octanol–water partition coefficient (Wildman–Crippen LogP) is 2.53. The van der Waals surface area contributed by atoms with Crippen molar-refractivity contribution in [2.75, 3.05) is 0 Å². The summed E-state index contributed by atoms with van der Waals surface area (Å²) < 4.78 is 5.73. The van der Waals surface area contributed by atoms with Crippen molar-refractivity contribution in [3.05, 3.63) is 54.1 Å². The largest absolute Gasteiger partial charge is 0.508 e. The van der Waals surface area contributed by atoms with Crippen LogP contribution >= 0.6 is 0 Å². The molecule has 0 aliphatic carbocycles. The van der Waals surface area contributed by atoms with Gasteiger partial charge in [0.1, 0.15) is 23.3 Å². The molecule has 0 aliphatic heterocycles. The van der Waals surface area contributed by atoms with Crippen molar-refractivity contribution >= 4 is 5.97 Å². The first-order valence-electron chi connectivity index (χ1n) is 6.59. The SMILES string of the molecule is NC(CCc1ccc(O)cc1Oc1ccccc1)C(=O)O. The van der Waals surface area contributed by atoms with Crippen molar-refractivity contribution in [2.24, 2.45) is 5.73 Å². The number of aryl methyl sites for hydroxylation is 1. The average Bonchev–Trinajstić information content (AvgIpc) is 2.47. The van der Waals surface area contributed by atoms with Gasteiger partial charge in [-0.2, -0.15) is 0 Å². The summed E-state index contributed by atoms with van der Waals surface area (Å²) in [7, 11) is 0. The third-order valence-electron chi connectivity index (χ3n) is 3.06. The molecule has 0 amide bonds. The Labute approximate surface area is 122 Å². The fourth-order valence-corrected chi connectivity index (χ4v) is 1.89. The van der Waals surface area contributed by atoms with E-state index in [1.165, 1.54) is 6.07 Å². The highest BCUT2D eigenvalue weighted by molar-refractivity contribution is 5.73. The first kappa shape index (κ1) is 14.9. The molecule has 2 aromatic carbocycles. The molecule has 0 fully saturated rings. The summed E-state index contributed by atoms with van der Waals surface area (Å²) in [6.45, 7) is 0. The minimum absolute atomic E-state index is 0.0900. The van der Waals surface area contributed by atoms with Crippen LogP contribution in [0.15, 0.2) is 48.5 Å². The Balaban J connectivity index is 2.15. The Bertz CT molecular complexity index is 613.